The smallest absolute Gasteiger partial charge is 0.339 e. The Hall–Kier alpha value is -2.56. The quantitative estimate of drug-likeness (QED) is 0.691. The fourth-order valence-electron chi connectivity index (χ4n) is 1.87. The van der Waals surface area contributed by atoms with Gasteiger partial charge in [-0.15, -0.1) is 0 Å². The number of benzene rings is 2. The maximum Gasteiger partial charge on any atom is 0.339 e. The number of esters is 1. The number of carbonyl (C=O) groups is 1. The van der Waals surface area contributed by atoms with Crippen molar-refractivity contribution >= 4 is 11.7 Å². The van der Waals surface area contributed by atoms with E-state index in [2.05, 4.69) is 4.74 Å². The lowest BCUT2D eigenvalue weighted by Gasteiger charge is -2.09. The molecule has 0 aliphatic rings. The van der Waals surface area contributed by atoms with Gasteiger partial charge in [-0.25, -0.2) is 9.18 Å². The number of hydrogen-bond acceptors (Lipinski definition) is 4. The molecule has 0 aliphatic heterocycles. The Labute approximate surface area is 115 Å². The molecule has 0 spiro atoms. The van der Waals surface area contributed by atoms with Crippen molar-refractivity contribution < 1.29 is 18.7 Å². The average molecular weight is 275 g/mol. The van der Waals surface area contributed by atoms with Gasteiger partial charge in [0.1, 0.15) is 11.6 Å². The van der Waals surface area contributed by atoms with E-state index in [0.717, 1.165) is 0 Å². The van der Waals surface area contributed by atoms with Crippen molar-refractivity contribution in [2.45, 2.75) is 0 Å². The maximum absolute atomic E-state index is 14.0. The second-order valence-electron chi connectivity index (χ2n) is 4.14. The van der Waals surface area contributed by atoms with Crippen LogP contribution in [0, 0.1) is 5.82 Å². The van der Waals surface area contributed by atoms with Crippen molar-refractivity contribution in [3.8, 4) is 16.9 Å². The van der Waals surface area contributed by atoms with Gasteiger partial charge in [0.25, 0.3) is 0 Å². The van der Waals surface area contributed by atoms with Crippen LogP contribution in [0.3, 0.4) is 0 Å². The second kappa shape index (κ2) is 5.61. The molecule has 2 aromatic carbocycles. The van der Waals surface area contributed by atoms with Crippen LogP contribution in [0.25, 0.3) is 11.1 Å². The number of nitrogen functional groups attached to an aromatic ring is 1. The number of ether oxygens (including phenoxy) is 2. The molecule has 0 bridgehead atoms. The van der Waals surface area contributed by atoms with Gasteiger partial charge in [0.05, 0.1) is 19.8 Å². The van der Waals surface area contributed by atoms with Crippen LogP contribution >= 0.6 is 0 Å². The zero-order chi connectivity index (χ0) is 14.7. The van der Waals surface area contributed by atoms with Gasteiger partial charge in [0.2, 0.25) is 0 Å². The third-order valence-corrected chi connectivity index (χ3v) is 2.95. The predicted octanol–water partition coefficient (Wildman–Crippen LogP) is 2.87. The molecule has 0 saturated carbocycles. The van der Waals surface area contributed by atoms with Crippen LogP contribution in [0.4, 0.5) is 10.1 Å². The summed E-state index contributed by atoms with van der Waals surface area (Å²) in [5.41, 5.74) is 7.11. The van der Waals surface area contributed by atoms with E-state index < -0.39 is 11.8 Å². The van der Waals surface area contributed by atoms with Crippen molar-refractivity contribution in [1.82, 2.24) is 0 Å². The predicted molar refractivity (Wildman–Crippen MR) is 74.1 cm³/mol. The van der Waals surface area contributed by atoms with E-state index in [1.807, 2.05) is 0 Å². The first-order valence-electron chi connectivity index (χ1n) is 5.88. The standard InChI is InChI=1S/C15H14FNO3/c1-19-10-4-5-11(13(16)8-10)9-3-6-14(17)12(7-9)15(18)20-2/h3-8H,17H2,1-2H3. The molecule has 2 aromatic rings. The van der Waals surface area contributed by atoms with E-state index in [9.17, 15) is 9.18 Å². The summed E-state index contributed by atoms with van der Waals surface area (Å²) in [6, 6.07) is 9.21. The molecule has 2 N–H and O–H groups in total. The SMILES string of the molecule is COC(=O)c1cc(-c2ccc(OC)cc2F)ccc1N. The van der Waals surface area contributed by atoms with E-state index >= 15 is 0 Å². The van der Waals surface area contributed by atoms with E-state index in [-0.39, 0.29) is 11.3 Å². The van der Waals surface area contributed by atoms with Crippen molar-refractivity contribution in [3.63, 3.8) is 0 Å². The molecule has 4 nitrogen and oxygen atoms in total. The van der Waals surface area contributed by atoms with Crippen LogP contribution in [0.1, 0.15) is 10.4 Å². The minimum Gasteiger partial charge on any atom is -0.497 e. The molecule has 0 fully saturated rings. The summed E-state index contributed by atoms with van der Waals surface area (Å²) in [5.74, 6) is -0.571. The van der Waals surface area contributed by atoms with Crippen LogP contribution in [0.15, 0.2) is 36.4 Å². The second-order valence-corrected chi connectivity index (χ2v) is 4.14. The topological polar surface area (TPSA) is 61.5 Å². The minimum absolute atomic E-state index is 0.209. The lowest BCUT2D eigenvalue weighted by atomic mass is 10.0. The van der Waals surface area contributed by atoms with Gasteiger partial charge >= 0.3 is 5.97 Å². The maximum atomic E-state index is 14.0. The molecule has 0 aromatic heterocycles. The third-order valence-electron chi connectivity index (χ3n) is 2.95. The van der Waals surface area contributed by atoms with Crippen molar-refractivity contribution in [2.75, 3.05) is 20.0 Å². The number of rotatable bonds is 3. The fraction of sp³-hybridized carbons (Fsp3) is 0.133. The number of halogens is 1. The molecule has 5 heteroatoms. The highest BCUT2D eigenvalue weighted by molar-refractivity contribution is 5.96. The number of nitrogens with two attached hydrogens (primary N) is 1. The highest BCUT2D eigenvalue weighted by Crippen LogP contribution is 2.28. The van der Waals surface area contributed by atoms with E-state index in [4.69, 9.17) is 10.5 Å². The summed E-state index contributed by atoms with van der Waals surface area (Å²) in [4.78, 5) is 11.6. The lowest BCUT2D eigenvalue weighted by molar-refractivity contribution is 0.0602. The van der Waals surface area contributed by atoms with Gasteiger partial charge in [-0.05, 0) is 29.8 Å². The van der Waals surface area contributed by atoms with Gasteiger partial charge in [-0.3, -0.25) is 0 Å². The molecule has 20 heavy (non-hydrogen) atoms. The van der Waals surface area contributed by atoms with Gasteiger partial charge in [-0.2, -0.15) is 0 Å². The first-order valence-corrected chi connectivity index (χ1v) is 5.88. The highest BCUT2D eigenvalue weighted by Gasteiger charge is 2.13. The largest absolute Gasteiger partial charge is 0.497 e. The normalized spacial score (nSPS) is 10.2. The zero-order valence-corrected chi connectivity index (χ0v) is 11.1. The van der Waals surface area contributed by atoms with Crippen LogP contribution < -0.4 is 10.5 Å². The van der Waals surface area contributed by atoms with E-state index in [0.29, 0.717) is 16.9 Å². The molecule has 0 amide bonds. The van der Waals surface area contributed by atoms with Crippen LogP contribution in [-0.2, 0) is 4.74 Å². The summed E-state index contributed by atoms with van der Waals surface area (Å²) < 4.78 is 23.6. The Morgan fingerprint density at radius 3 is 2.50 bits per heavy atom. The fourth-order valence-corrected chi connectivity index (χ4v) is 1.87. The lowest BCUT2D eigenvalue weighted by Crippen LogP contribution is -2.05. The molecule has 0 saturated heterocycles. The van der Waals surface area contributed by atoms with Crippen LogP contribution in [0.5, 0.6) is 5.75 Å². The summed E-state index contributed by atoms with van der Waals surface area (Å²) in [7, 11) is 2.73. The summed E-state index contributed by atoms with van der Waals surface area (Å²) >= 11 is 0. The Morgan fingerprint density at radius 1 is 1.15 bits per heavy atom. The molecule has 0 unspecified atom stereocenters. The Morgan fingerprint density at radius 2 is 1.90 bits per heavy atom. The van der Waals surface area contributed by atoms with Gasteiger partial charge in [0.15, 0.2) is 0 Å². The first-order chi connectivity index (χ1) is 9.56. The number of hydrogen-bond donors (Lipinski definition) is 1. The third kappa shape index (κ3) is 2.56. The zero-order valence-electron chi connectivity index (χ0n) is 11.1. The molecular weight excluding hydrogens is 261 g/mol. The molecule has 0 heterocycles. The number of carbonyl (C=O) groups excluding carboxylic acids is 1. The number of anilines is 1. The number of methoxy groups -OCH3 is 2. The Bertz CT molecular complexity index is 656. The Balaban J connectivity index is 2.51. The average Bonchev–Trinajstić information content (AvgIpc) is 2.47. The van der Waals surface area contributed by atoms with Gasteiger partial charge in [0, 0.05) is 17.3 Å². The Kier molecular flexibility index (Phi) is 3.89. The summed E-state index contributed by atoms with van der Waals surface area (Å²) in [6.45, 7) is 0. The molecule has 2 rings (SSSR count). The summed E-state index contributed by atoms with van der Waals surface area (Å²) in [5, 5.41) is 0. The highest BCUT2D eigenvalue weighted by atomic mass is 19.1. The minimum atomic E-state index is -0.557. The first kappa shape index (κ1) is 13.9. The molecule has 104 valence electrons. The van der Waals surface area contributed by atoms with E-state index in [1.54, 1.807) is 24.3 Å². The van der Waals surface area contributed by atoms with Crippen molar-refractivity contribution in [1.29, 1.82) is 0 Å². The van der Waals surface area contributed by atoms with Crippen molar-refractivity contribution in [3.05, 3.63) is 47.8 Å². The monoisotopic (exact) mass is 275 g/mol. The van der Waals surface area contributed by atoms with E-state index in [1.165, 1.54) is 26.4 Å². The van der Waals surface area contributed by atoms with Gasteiger partial charge in [-0.1, -0.05) is 6.07 Å². The van der Waals surface area contributed by atoms with Crippen LogP contribution in [0.2, 0.25) is 0 Å². The molecule has 0 atom stereocenters. The molecule has 0 radical (unpaired) electrons. The van der Waals surface area contributed by atoms with Crippen LogP contribution in [-0.4, -0.2) is 20.2 Å². The molecular formula is C15H14FNO3. The van der Waals surface area contributed by atoms with Crippen molar-refractivity contribution in [2.24, 2.45) is 0 Å². The molecule has 0 aliphatic carbocycles. The van der Waals surface area contributed by atoms with Gasteiger partial charge < -0.3 is 15.2 Å². The summed E-state index contributed by atoms with van der Waals surface area (Å²) in [6.07, 6.45) is 0.